The number of hydrogen-bond acceptors (Lipinski definition) is 5. The number of aliphatic hydroxyl groups excluding tert-OH is 1. The van der Waals surface area contributed by atoms with Gasteiger partial charge in [0.25, 0.3) is 0 Å². The molecule has 2 N–H and O–H groups in total. The highest BCUT2D eigenvalue weighted by Gasteiger charge is 2.42. The van der Waals surface area contributed by atoms with Crippen LogP contribution in [0.25, 0.3) is 0 Å². The highest BCUT2D eigenvalue weighted by molar-refractivity contribution is 5.49. The van der Waals surface area contributed by atoms with Crippen LogP contribution in [-0.2, 0) is 12.8 Å². The second kappa shape index (κ2) is 5.28. The third kappa shape index (κ3) is 2.50. The summed E-state index contributed by atoms with van der Waals surface area (Å²) in [5, 5.41) is 22.0. The van der Waals surface area contributed by atoms with Crippen molar-refractivity contribution in [1.29, 1.82) is 5.26 Å². The van der Waals surface area contributed by atoms with Gasteiger partial charge in [-0.1, -0.05) is 0 Å². The van der Waals surface area contributed by atoms with E-state index in [1.54, 1.807) is 0 Å². The van der Waals surface area contributed by atoms with Crippen molar-refractivity contribution in [3.8, 4) is 11.9 Å². The molecule has 1 heterocycles. The Morgan fingerprint density at radius 1 is 1.43 bits per heavy atom. The molecule has 1 atom stereocenters. The first-order valence-corrected chi connectivity index (χ1v) is 7.47. The van der Waals surface area contributed by atoms with Crippen molar-refractivity contribution in [1.82, 2.24) is 10.3 Å². The minimum Gasteiger partial charge on any atom is -0.475 e. The first-order valence-electron chi connectivity index (χ1n) is 7.47. The summed E-state index contributed by atoms with van der Waals surface area (Å²) in [5.41, 5.74) is 3.71. The summed E-state index contributed by atoms with van der Waals surface area (Å²) in [5.74, 6) is 0.778. The molecule has 2 aliphatic rings. The molecule has 1 aromatic heterocycles. The number of aromatic nitrogens is 1. The predicted octanol–water partition coefficient (Wildman–Crippen LogP) is 1.10. The van der Waals surface area contributed by atoms with Gasteiger partial charge in [0.2, 0.25) is 5.88 Å². The number of rotatable bonds is 5. The molecular formula is C16H21N3O2. The summed E-state index contributed by atoms with van der Waals surface area (Å²) >= 11 is 0. The minimum atomic E-state index is 0.0908. The zero-order valence-electron chi connectivity index (χ0n) is 12.6. The second-order valence-corrected chi connectivity index (χ2v) is 6.24. The Labute approximate surface area is 125 Å². The molecule has 0 radical (unpaired) electrons. The fraction of sp³-hybridized carbons (Fsp3) is 0.625. The maximum atomic E-state index is 9.37. The van der Waals surface area contributed by atoms with Gasteiger partial charge in [-0.2, -0.15) is 5.26 Å². The normalized spacial score (nSPS) is 21.7. The Morgan fingerprint density at radius 3 is 2.71 bits per heavy atom. The van der Waals surface area contributed by atoms with E-state index >= 15 is 0 Å². The molecule has 2 aliphatic carbocycles. The van der Waals surface area contributed by atoms with Crippen LogP contribution in [0.3, 0.4) is 0 Å². The Kier molecular flexibility index (Phi) is 3.60. The summed E-state index contributed by atoms with van der Waals surface area (Å²) in [6.45, 7) is 2.74. The van der Waals surface area contributed by atoms with Crippen molar-refractivity contribution in [2.75, 3.05) is 20.3 Å². The lowest BCUT2D eigenvalue weighted by Gasteiger charge is -2.17. The van der Waals surface area contributed by atoms with Gasteiger partial charge >= 0.3 is 0 Å². The van der Waals surface area contributed by atoms with Crippen LogP contribution in [0, 0.1) is 24.2 Å². The lowest BCUT2D eigenvalue weighted by molar-refractivity contribution is 0.232. The first-order chi connectivity index (χ1) is 10.1. The average molecular weight is 287 g/mol. The van der Waals surface area contributed by atoms with Gasteiger partial charge in [-0.05, 0) is 56.7 Å². The number of aliphatic hydroxyl groups is 1. The van der Waals surface area contributed by atoms with Gasteiger partial charge in [0.15, 0.2) is 0 Å². The van der Waals surface area contributed by atoms with Crippen LogP contribution in [0.5, 0.6) is 5.88 Å². The molecule has 21 heavy (non-hydrogen) atoms. The monoisotopic (exact) mass is 287 g/mol. The number of fused-ring (bicyclic) bond motifs is 1. The van der Waals surface area contributed by atoms with E-state index in [-0.39, 0.29) is 18.1 Å². The molecule has 3 rings (SSSR count). The van der Waals surface area contributed by atoms with Crippen LogP contribution in [0.15, 0.2) is 0 Å². The second-order valence-electron chi connectivity index (χ2n) is 6.24. The average Bonchev–Trinajstić information content (AvgIpc) is 3.16. The zero-order valence-corrected chi connectivity index (χ0v) is 12.6. The predicted molar refractivity (Wildman–Crippen MR) is 78.2 cm³/mol. The molecule has 1 saturated carbocycles. The number of ether oxygens (including phenoxy) is 1. The SMILES string of the molecule is CNC1(COc2nc(C#N)c3c(c2C)CC(CO)C3)CC1. The summed E-state index contributed by atoms with van der Waals surface area (Å²) in [4.78, 5) is 4.40. The Hall–Kier alpha value is -1.64. The van der Waals surface area contributed by atoms with Crippen LogP contribution < -0.4 is 10.1 Å². The van der Waals surface area contributed by atoms with Crippen molar-refractivity contribution in [2.45, 2.75) is 38.1 Å². The molecule has 112 valence electrons. The van der Waals surface area contributed by atoms with E-state index in [4.69, 9.17) is 4.74 Å². The maximum absolute atomic E-state index is 9.37. The molecule has 5 nitrogen and oxygen atoms in total. The van der Waals surface area contributed by atoms with E-state index < -0.39 is 0 Å². The van der Waals surface area contributed by atoms with E-state index in [9.17, 15) is 10.4 Å². The number of nitriles is 1. The molecule has 1 fully saturated rings. The maximum Gasteiger partial charge on any atom is 0.217 e. The number of nitrogens with one attached hydrogen (secondary N) is 1. The molecular weight excluding hydrogens is 266 g/mol. The Balaban J connectivity index is 1.87. The van der Waals surface area contributed by atoms with Gasteiger partial charge in [0.05, 0.1) is 5.54 Å². The fourth-order valence-corrected chi connectivity index (χ4v) is 3.08. The molecule has 0 aromatic carbocycles. The van der Waals surface area contributed by atoms with E-state index in [0.717, 1.165) is 42.4 Å². The molecule has 0 saturated heterocycles. The zero-order chi connectivity index (χ0) is 15.0. The summed E-state index contributed by atoms with van der Waals surface area (Å²) in [7, 11) is 1.95. The molecule has 1 unspecified atom stereocenters. The number of hydrogen-bond donors (Lipinski definition) is 2. The van der Waals surface area contributed by atoms with E-state index in [1.165, 1.54) is 0 Å². The van der Waals surface area contributed by atoms with Crippen molar-refractivity contribution in [2.24, 2.45) is 5.92 Å². The summed E-state index contributed by atoms with van der Waals surface area (Å²) in [6, 6.07) is 2.18. The molecule has 5 heteroatoms. The third-order valence-electron chi connectivity index (χ3n) is 4.86. The molecule has 0 aliphatic heterocycles. The van der Waals surface area contributed by atoms with Gasteiger partial charge in [0.1, 0.15) is 18.4 Å². The van der Waals surface area contributed by atoms with E-state index in [2.05, 4.69) is 16.4 Å². The summed E-state index contributed by atoms with van der Waals surface area (Å²) in [6.07, 6.45) is 3.78. The van der Waals surface area contributed by atoms with Crippen LogP contribution in [0.2, 0.25) is 0 Å². The largest absolute Gasteiger partial charge is 0.475 e. The fourth-order valence-electron chi connectivity index (χ4n) is 3.08. The highest BCUT2D eigenvalue weighted by Crippen LogP contribution is 2.38. The van der Waals surface area contributed by atoms with Gasteiger partial charge in [-0.3, -0.25) is 0 Å². The van der Waals surface area contributed by atoms with Crippen LogP contribution in [-0.4, -0.2) is 35.9 Å². The molecule has 1 aromatic rings. The van der Waals surface area contributed by atoms with Gasteiger partial charge in [-0.25, -0.2) is 4.98 Å². The molecule has 0 amide bonds. The summed E-state index contributed by atoms with van der Waals surface area (Å²) < 4.78 is 5.90. The van der Waals surface area contributed by atoms with Gasteiger partial charge in [-0.15, -0.1) is 0 Å². The molecule has 0 bridgehead atoms. The quantitative estimate of drug-likeness (QED) is 0.848. The minimum absolute atomic E-state index is 0.0908. The number of pyridine rings is 1. The van der Waals surface area contributed by atoms with Crippen molar-refractivity contribution < 1.29 is 9.84 Å². The van der Waals surface area contributed by atoms with Gasteiger partial charge in [0, 0.05) is 12.2 Å². The first kappa shape index (κ1) is 14.3. The van der Waals surface area contributed by atoms with Crippen molar-refractivity contribution in [3.05, 3.63) is 22.4 Å². The number of nitrogens with zero attached hydrogens (tertiary/aromatic N) is 2. The third-order valence-corrected chi connectivity index (χ3v) is 4.86. The molecule has 0 spiro atoms. The van der Waals surface area contributed by atoms with Gasteiger partial charge < -0.3 is 15.2 Å². The van der Waals surface area contributed by atoms with Crippen molar-refractivity contribution >= 4 is 0 Å². The topological polar surface area (TPSA) is 78.2 Å². The number of likely N-dealkylation sites (N-methyl/N-ethyl adjacent to an activating group) is 1. The van der Waals surface area contributed by atoms with E-state index in [0.29, 0.717) is 18.2 Å². The smallest absolute Gasteiger partial charge is 0.217 e. The Bertz CT molecular complexity index is 603. The standard InChI is InChI=1S/C16H21N3O2/c1-10-12-5-11(8-20)6-13(12)14(7-17)19-15(10)21-9-16(18-2)3-4-16/h11,18,20H,3-6,8-9H2,1-2H3. The van der Waals surface area contributed by atoms with Crippen LogP contribution in [0.4, 0.5) is 0 Å². The van der Waals surface area contributed by atoms with Crippen molar-refractivity contribution in [3.63, 3.8) is 0 Å². The van der Waals surface area contributed by atoms with Crippen LogP contribution >= 0.6 is 0 Å². The Morgan fingerprint density at radius 2 is 2.14 bits per heavy atom. The van der Waals surface area contributed by atoms with E-state index in [1.807, 2.05) is 14.0 Å². The lowest BCUT2D eigenvalue weighted by atomic mass is 10.0. The highest BCUT2D eigenvalue weighted by atomic mass is 16.5. The van der Waals surface area contributed by atoms with Crippen LogP contribution in [0.1, 0.15) is 35.2 Å². The lowest BCUT2D eigenvalue weighted by Crippen LogP contribution is -2.34.